The monoisotopic (exact) mass is 269 g/mol. The molecule has 1 aromatic heterocycles. The number of aromatic nitrogens is 3. The first kappa shape index (κ1) is 14.9. The normalized spacial score (nSPS) is 13.6. The number of nitrogens with zero attached hydrogens (tertiary/aromatic N) is 3. The molecule has 106 valence electrons. The lowest BCUT2D eigenvalue weighted by Crippen LogP contribution is -2.46. The topological polar surface area (TPSA) is 109 Å². The summed E-state index contributed by atoms with van der Waals surface area (Å²) in [4.78, 5) is 22.6. The molecule has 0 saturated heterocycles. The van der Waals surface area contributed by atoms with Crippen molar-refractivity contribution in [2.75, 3.05) is 0 Å². The van der Waals surface area contributed by atoms with Crippen molar-refractivity contribution in [3.63, 3.8) is 0 Å². The molecule has 0 aliphatic heterocycles. The van der Waals surface area contributed by atoms with E-state index >= 15 is 0 Å². The third-order valence-electron chi connectivity index (χ3n) is 2.66. The van der Waals surface area contributed by atoms with Crippen LogP contribution in [0.25, 0.3) is 0 Å². The molecule has 0 fully saturated rings. The molecule has 0 aliphatic carbocycles. The third-order valence-corrected chi connectivity index (χ3v) is 2.66. The maximum absolute atomic E-state index is 11.7. The second-order valence-electron chi connectivity index (χ2n) is 4.32. The summed E-state index contributed by atoms with van der Waals surface area (Å²) in [7, 11) is 1.77. The van der Waals surface area contributed by atoms with Gasteiger partial charge >= 0.3 is 12.0 Å². The first-order valence-corrected chi connectivity index (χ1v) is 6.09. The second-order valence-corrected chi connectivity index (χ2v) is 4.32. The van der Waals surface area contributed by atoms with Gasteiger partial charge in [0.2, 0.25) is 0 Å². The van der Waals surface area contributed by atoms with Crippen LogP contribution in [0.1, 0.15) is 38.6 Å². The molecule has 1 rings (SSSR count). The number of aliphatic carboxylic acids is 1. The van der Waals surface area contributed by atoms with Gasteiger partial charge < -0.3 is 20.3 Å². The highest BCUT2D eigenvalue weighted by Crippen LogP contribution is 2.06. The predicted molar refractivity (Wildman–Crippen MR) is 67.4 cm³/mol. The van der Waals surface area contributed by atoms with Gasteiger partial charge in [0, 0.05) is 7.05 Å². The number of rotatable bonds is 6. The standard InChI is InChI=1S/C11H19N5O3/c1-4-5-8(10(17)18)14-11(19)13-7(2)9-15-12-6-16(9)3/h6-8H,4-5H2,1-3H3,(H,17,18)(H2,13,14,19)/t7?,8-/m0/s1. The van der Waals surface area contributed by atoms with Crippen molar-refractivity contribution in [1.29, 1.82) is 0 Å². The van der Waals surface area contributed by atoms with Crippen molar-refractivity contribution >= 4 is 12.0 Å². The zero-order valence-corrected chi connectivity index (χ0v) is 11.3. The van der Waals surface area contributed by atoms with Crippen molar-refractivity contribution in [2.24, 2.45) is 7.05 Å². The number of aryl methyl sites for hydroxylation is 1. The van der Waals surface area contributed by atoms with Crippen LogP contribution in [0.4, 0.5) is 4.79 Å². The van der Waals surface area contributed by atoms with Crippen molar-refractivity contribution in [2.45, 2.75) is 38.8 Å². The maximum atomic E-state index is 11.7. The number of nitrogens with one attached hydrogen (secondary N) is 2. The lowest BCUT2D eigenvalue weighted by molar-refractivity contribution is -0.139. The van der Waals surface area contributed by atoms with Crippen molar-refractivity contribution < 1.29 is 14.7 Å². The Bertz CT molecular complexity index is 445. The highest BCUT2D eigenvalue weighted by Gasteiger charge is 2.20. The van der Waals surface area contributed by atoms with Crippen molar-refractivity contribution in [1.82, 2.24) is 25.4 Å². The molecule has 0 aromatic carbocycles. The SMILES string of the molecule is CCC[C@H](NC(=O)NC(C)c1nncn1C)C(=O)O. The quantitative estimate of drug-likeness (QED) is 0.693. The molecule has 3 N–H and O–H groups in total. The summed E-state index contributed by atoms with van der Waals surface area (Å²) in [6, 6.07) is -1.77. The minimum Gasteiger partial charge on any atom is -0.480 e. The molecule has 19 heavy (non-hydrogen) atoms. The Kier molecular flexibility index (Phi) is 5.28. The molecule has 1 heterocycles. The molecule has 8 heteroatoms. The van der Waals surface area contributed by atoms with Gasteiger partial charge in [-0.25, -0.2) is 9.59 Å². The Morgan fingerprint density at radius 2 is 2.16 bits per heavy atom. The van der Waals surface area contributed by atoms with Crippen LogP contribution in [0.2, 0.25) is 0 Å². The summed E-state index contributed by atoms with van der Waals surface area (Å²) in [5.41, 5.74) is 0. The lowest BCUT2D eigenvalue weighted by Gasteiger charge is -2.17. The minimum absolute atomic E-state index is 0.358. The van der Waals surface area contributed by atoms with Crippen LogP contribution in [-0.4, -0.2) is 37.9 Å². The molecular formula is C11H19N5O3. The fourth-order valence-electron chi connectivity index (χ4n) is 1.69. The smallest absolute Gasteiger partial charge is 0.326 e. The highest BCUT2D eigenvalue weighted by atomic mass is 16.4. The van der Waals surface area contributed by atoms with Gasteiger partial charge in [0.25, 0.3) is 0 Å². The first-order valence-electron chi connectivity index (χ1n) is 6.09. The summed E-state index contributed by atoms with van der Waals surface area (Å²) in [5.74, 6) is -0.444. The van der Waals surface area contributed by atoms with Crippen LogP contribution in [0.3, 0.4) is 0 Å². The Balaban J connectivity index is 2.55. The largest absolute Gasteiger partial charge is 0.480 e. The van der Waals surface area contributed by atoms with Gasteiger partial charge in [-0.2, -0.15) is 0 Å². The molecule has 2 amide bonds. The number of carboxylic acid groups (broad SMARTS) is 1. The molecule has 2 atom stereocenters. The van der Waals surface area contributed by atoms with Gasteiger partial charge in [-0.15, -0.1) is 10.2 Å². The van der Waals surface area contributed by atoms with Crippen molar-refractivity contribution in [3.05, 3.63) is 12.2 Å². The molecule has 1 aromatic rings. The molecule has 8 nitrogen and oxygen atoms in total. The van der Waals surface area contributed by atoms with E-state index in [1.807, 2.05) is 6.92 Å². The summed E-state index contributed by atoms with van der Waals surface area (Å²) >= 11 is 0. The molecule has 0 aliphatic rings. The van der Waals surface area contributed by atoms with Crippen LogP contribution in [0.15, 0.2) is 6.33 Å². The van der Waals surface area contributed by atoms with Crippen LogP contribution in [-0.2, 0) is 11.8 Å². The molecule has 1 unspecified atom stereocenters. The number of carboxylic acids is 1. The third kappa shape index (κ3) is 4.23. The lowest BCUT2D eigenvalue weighted by atomic mass is 10.2. The number of hydrogen-bond acceptors (Lipinski definition) is 4. The molecule has 0 spiro atoms. The van der Waals surface area contributed by atoms with Crippen LogP contribution in [0, 0.1) is 0 Å². The molecule has 0 saturated carbocycles. The highest BCUT2D eigenvalue weighted by molar-refractivity contribution is 5.82. The van der Waals surface area contributed by atoms with E-state index in [1.54, 1.807) is 18.5 Å². The molecular weight excluding hydrogens is 250 g/mol. The van der Waals surface area contributed by atoms with Gasteiger partial charge in [0.1, 0.15) is 12.4 Å². The van der Waals surface area contributed by atoms with E-state index in [9.17, 15) is 9.59 Å². The predicted octanol–water partition coefficient (Wildman–Crippen LogP) is 0.429. The minimum atomic E-state index is -1.04. The van der Waals surface area contributed by atoms with Gasteiger partial charge in [-0.3, -0.25) is 0 Å². The van der Waals surface area contributed by atoms with E-state index in [0.717, 1.165) is 0 Å². The Labute approximate surface area is 111 Å². The fourth-order valence-corrected chi connectivity index (χ4v) is 1.69. The van der Waals surface area contributed by atoms with Crippen molar-refractivity contribution in [3.8, 4) is 0 Å². The van der Waals surface area contributed by atoms with Crippen LogP contribution in [0.5, 0.6) is 0 Å². The zero-order valence-electron chi connectivity index (χ0n) is 11.3. The average molecular weight is 269 g/mol. The van der Waals surface area contributed by atoms with Gasteiger partial charge in [0.05, 0.1) is 6.04 Å². The molecule has 0 radical (unpaired) electrons. The summed E-state index contributed by atoms with van der Waals surface area (Å²) in [6.07, 6.45) is 2.60. The number of carbonyl (C=O) groups is 2. The Hall–Kier alpha value is -2.12. The van der Waals surface area contributed by atoms with E-state index < -0.39 is 18.0 Å². The van der Waals surface area contributed by atoms with E-state index in [-0.39, 0.29) is 6.04 Å². The first-order chi connectivity index (χ1) is 8.95. The van der Waals surface area contributed by atoms with Crippen LogP contribution >= 0.6 is 0 Å². The van der Waals surface area contributed by atoms with Gasteiger partial charge in [-0.1, -0.05) is 13.3 Å². The number of carbonyl (C=O) groups excluding carboxylic acids is 1. The van der Waals surface area contributed by atoms with E-state index in [4.69, 9.17) is 5.11 Å². The number of urea groups is 1. The zero-order chi connectivity index (χ0) is 14.4. The number of amides is 2. The Morgan fingerprint density at radius 1 is 1.47 bits per heavy atom. The van der Waals surface area contributed by atoms with E-state index in [1.165, 1.54) is 6.33 Å². The van der Waals surface area contributed by atoms with E-state index in [2.05, 4.69) is 20.8 Å². The second kappa shape index (κ2) is 6.72. The fraction of sp³-hybridized carbons (Fsp3) is 0.636. The summed E-state index contributed by atoms with van der Waals surface area (Å²) in [6.45, 7) is 3.61. The Morgan fingerprint density at radius 3 is 2.63 bits per heavy atom. The summed E-state index contributed by atoms with van der Waals surface area (Å²) in [5, 5.41) is 21.6. The van der Waals surface area contributed by atoms with Gasteiger partial charge in [-0.05, 0) is 13.3 Å². The molecule has 0 bridgehead atoms. The van der Waals surface area contributed by atoms with E-state index in [0.29, 0.717) is 18.7 Å². The number of hydrogen-bond donors (Lipinski definition) is 3. The maximum Gasteiger partial charge on any atom is 0.326 e. The van der Waals surface area contributed by atoms with Crippen LogP contribution < -0.4 is 10.6 Å². The average Bonchev–Trinajstić information content (AvgIpc) is 2.74. The summed E-state index contributed by atoms with van der Waals surface area (Å²) < 4.78 is 1.69. The van der Waals surface area contributed by atoms with Gasteiger partial charge in [0.15, 0.2) is 5.82 Å².